The minimum atomic E-state index is -1.20. The summed E-state index contributed by atoms with van der Waals surface area (Å²) >= 11 is 177. The van der Waals surface area contributed by atoms with Gasteiger partial charge < -0.3 is 0 Å². The van der Waals surface area contributed by atoms with Crippen LogP contribution in [-0.2, 0) is 0 Å². The Labute approximate surface area is 752 Å². The maximum atomic E-state index is 5.93. The zero-order valence-electron chi connectivity index (χ0n) is 46.1. The van der Waals surface area contributed by atoms with Gasteiger partial charge in [-0.15, -0.1) is 102 Å². The molecule has 0 aliphatic heterocycles. The quantitative estimate of drug-likeness (QED) is 0.0382. The molecule has 0 fully saturated rings. The molecule has 0 aromatic heterocycles. The average molecular weight is 2730 g/mol. The third-order valence-corrected chi connectivity index (χ3v) is 65.7. The van der Waals surface area contributed by atoms with E-state index in [9.17, 15) is 0 Å². The Morgan fingerprint density at radius 1 is 0.209 bits per heavy atom. The summed E-state index contributed by atoms with van der Waals surface area (Å²) in [7, 11) is 0.426. The summed E-state index contributed by atoms with van der Waals surface area (Å²) in [5, 5.41) is 0. The van der Waals surface area contributed by atoms with Crippen LogP contribution in [0.25, 0.3) is 0 Å². The van der Waals surface area contributed by atoms with E-state index in [1.54, 1.807) is 29.5 Å². The molecule has 0 aromatic rings. The molecule has 0 saturated heterocycles. The van der Waals surface area contributed by atoms with E-state index < -0.39 is 109 Å². The molecule has 0 nitrogen and oxygen atoms in total. The van der Waals surface area contributed by atoms with E-state index in [-0.39, 0.29) is 31.4 Å². The number of rotatable bonds is 30. The molecule has 0 aliphatic rings. The summed E-state index contributed by atoms with van der Waals surface area (Å²) in [4.78, 5) is 0. The molecule has 546 valence electrons. The van der Waals surface area contributed by atoms with Gasteiger partial charge in [0.05, 0.1) is 53.0 Å². The average Bonchev–Trinajstić information content (AvgIpc) is 3.26. The molecule has 0 radical (unpaired) electrons. The Bertz CT molecular complexity index is 892. The fraction of sp³-hybridized carbons (Fsp3) is 1.00. The molecular formula is C28H71Cl32I4P22-. The van der Waals surface area contributed by atoms with Gasteiger partial charge in [0.25, 0.3) is 0 Å². The predicted octanol–water partition coefficient (Wildman–Crippen LogP) is 43.7. The van der Waals surface area contributed by atoms with E-state index in [4.69, 9.17) is 315 Å². The van der Waals surface area contributed by atoms with Crippen LogP contribution in [0.5, 0.6) is 0 Å². The van der Waals surface area contributed by atoms with E-state index in [1.807, 2.05) is 0 Å². The van der Waals surface area contributed by atoms with Crippen molar-refractivity contribution in [1.82, 2.24) is 0 Å². The summed E-state index contributed by atoms with van der Waals surface area (Å²) in [5.41, 5.74) is 0. The first kappa shape index (κ1) is 140. The van der Waals surface area contributed by atoms with Crippen LogP contribution in [0.3, 0.4) is 0 Å². The Morgan fingerprint density at radius 2 is 0.279 bits per heavy atom. The normalized spacial score (nSPS) is 10.8. The number of hydrogen-bond donors (Lipinski definition) is 0. The second-order valence-corrected chi connectivity index (χ2v) is 112. The molecule has 0 unspecified atom stereocenters. The fourth-order valence-corrected chi connectivity index (χ4v) is 76.4. The molecule has 0 bridgehead atoms. The van der Waals surface area contributed by atoms with Gasteiger partial charge in [-0.25, -0.2) is 0 Å². The third-order valence-electron chi connectivity index (χ3n) is 5.59. The van der Waals surface area contributed by atoms with Crippen molar-refractivity contribution in [2.45, 2.75) is 7.43 Å². The first-order chi connectivity index (χ1) is 38.4. The van der Waals surface area contributed by atoms with E-state index in [2.05, 4.69) is 137 Å². The topological polar surface area (TPSA) is 0 Å². The SMILES string of the molecule is C.CCl.CCl.CCl.CCl.CP(C)CP(CP(C)C)CP(CP(C)C)CP(C)C.ClP(Cl)CP(CP(Cl)Cl)CP(CP(Cl)Cl)CP(Cl)Cl.ClP(Cl)CP(CP(Cl)Cl)CP(CP(Cl)Cl)CP(Cl)Cl.ClP(Cl)Cl.ClP(Cl)Cl.ClP(Cl)Cl.ClP(Cl)Cl.I.I[I-]I. The van der Waals surface area contributed by atoms with Crippen molar-refractivity contribution in [3.63, 3.8) is 0 Å². The maximum absolute atomic E-state index is 5.93. The predicted molar refractivity (Wildman–Crippen MR) is 534 cm³/mol. The van der Waals surface area contributed by atoms with Gasteiger partial charge in [-0.3, -0.25) is 0 Å². The molecule has 0 aromatic carbocycles. The first-order valence-electron chi connectivity index (χ1n) is 19.6. The van der Waals surface area contributed by atoms with Gasteiger partial charge >= 0.3 is 50.5 Å². The van der Waals surface area contributed by atoms with Gasteiger partial charge in [-0.05, 0) is 94.6 Å². The number of hydrogen-bond acceptors (Lipinski definition) is 0. The molecule has 0 spiro atoms. The molecule has 86 heavy (non-hydrogen) atoms. The number of alkyl halides is 4. The Balaban J connectivity index is -0.0000000614. The van der Waals surface area contributed by atoms with Crippen molar-refractivity contribution in [2.75, 3.05) is 167 Å². The molecule has 0 saturated carbocycles. The second-order valence-electron chi connectivity index (χ2n) is 13.7. The molecule has 0 N–H and O–H groups in total. The second kappa shape index (κ2) is 111. The van der Waals surface area contributed by atoms with E-state index in [0.29, 0.717) is 60.8 Å². The van der Waals surface area contributed by atoms with Gasteiger partial charge in [0.2, 0.25) is 0 Å². The summed E-state index contributed by atoms with van der Waals surface area (Å²) < 4.78 is 0. The van der Waals surface area contributed by atoms with Crippen LogP contribution in [0.2, 0.25) is 0 Å². The Kier molecular flexibility index (Phi) is 180. The molecule has 0 heterocycles. The Morgan fingerprint density at radius 3 is 0.337 bits per heavy atom. The van der Waals surface area contributed by atoms with Gasteiger partial charge in [0.15, 0.2) is 23.9 Å². The van der Waals surface area contributed by atoms with Gasteiger partial charge in [-0.2, -0.15) is 0 Å². The van der Waals surface area contributed by atoms with Crippen LogP contribution in [0.4, 0.5) is 0 Å². The number of halogens is 36. The van der Waals surface area contributed by atoms with Crippen LogP contribution >= 0.6 is 579 Å². The summed E-state index contributed by atoms with van der Waals surface area (Å²) in [6.45, 7) is 12.0. The van der Waals surface area contributed by atoms with Gasteiger partial charge in [-0.1, -0.05) is 370 Å². The zero-order chi connectivity index (χ0) is 70.0. The summed E-state index contributed by atoms with van der Waals surface area (Å²) in [5.74, 6) is 11.5. The molecule has 0 amide bonds. The van der Waals surface area contributed by atoms with Crippen LogP contribution in [-0.4, -0.2) is 167 Å². The van der Waals surface area contributed by atoms with E-state index in [1.165, 1.54) is 25.5 Å². The van der Waals surface area contributed by atoms with Crippen molar-refractivity contribution in [1.29, 1.82) is 0 Å². The monoisotopic (exact) mass is 2720 g/mol. The van der Waals surface area contributed by atoms with Crippen molar-refractivity contribution < 1.29 is 13.3 Å². The van der Waals surface area contributed by atoms with Crippen molar-refractivity contribution in [3.8, 4) is 0 Å². The summed E-state index contributed by atoms with van der Waals surface area (Å²) in [6.07, 6.45) is 5.89. The van der Waals surface area contributed by atoms with Crippen LogP contribution in [0.1, 0.15) is 7.43 Å². The fourth-order valence-electron chi connectivity index (χ4n) is 4.46. The summed E-state index contributed by atoms with van der Waals surface area (Å²) in [6, 6.07) is 0. The molecule has 0 rings (SSSR count). The molecule has 58 heteroatoms. The van der Waals surface area contributed by atoms with Crippen LogP contribution in [0, 0.1) is 0 Å². The third kappa shape index (κ3) is 174. The van der Waals surface area contributed by atoms with Crippen molar-refractivity contribution in [2.24, 2.45) is 0 Å². The van der Waals surface area contributed by atoms with E-state index >= 15 is 0 Å². The van der Waals surface area contributed by atoms with Gasteiger partial charge in [0.1, 0.15) is 0 Å². The van der Waals surface area contributed by atoms with Crippen molar-refractivity contribution in [3.05, 3.63) is 0 Å². The first-order valence-corrected chi connectivity index (χ1v) is 99.2. The minimum absolute atomic E-state index is 0. The Hall–Kier alpha value is 21.7. The van der Waals surface area contributed by atoms with Crippen molar-refractivity contribution >= 4 is 579 Å². The molecular weight excluding hydrogens is 2660 g/mol. The molecule has 0 atom stereocenters. The van der Waals surface area contributed by atoms with Crippen LogP contribution < -0.4 is 13.3 Å². The van der Waals surface area contributed by atoms with Gasteiger partial charge in [0, 0.05) is 72.8 Å². The standard InChI is InChI=1S/C13H34P6.2C5H10Cl8P6.4CH3Cl.CH4.4Cl3P.I3.HI/c1-14(2)9-18(10-15(3)4)13-19(11-16(5)6)12-17(7)8;2*6-16(7)2-14(3-17(8)9)1-15(4-18(10)11)5-19(12)13;4*1-2;;4*1-4(2)3;1-3-2;/h9-13H2,1-8H3;2*1-5H2;4*1H3;1H4;;;;;;1H/q;;;;;;;;;;;;-1;. The zero-order valence-corrected chi connectivity index (χ0v) is 98.8. The van der Waals surface area contributed by atoms with Crippen LogP contribution in [0.15, 0.2) is 0 Å². The van der Waals surface area contributed by atoms with E-state index in [0.717, 1.165) is 59.0 Å². The molecule has 0 aliphatic carbocycles.